The SMILES string of the molecule is CCCNC(=O)[C@@H](CC)N(Cc1ccccc1C)C(=O)CN(c1ccc(OCC)cc1)S(=O)(=O)c1ccccc1. The van der Waals surface area contributed by atoms with Crippen LogP contribution in [0.3, 0.4) is 0 Å². The van der Waals surface area contributed by atoms with Gasteiger partial charge in [-0.1, -0.05) is 56.3 Å². The highest BCUT2D eigenvalue weighted by Crippen LogP contribution is 2.27. The average Bonchev–Trinajstić information content (AvgIpc) is 2.96. The lowest BCUT2D eigenvalue weighted by atomic mass is 10.1. The van der Waals surface area contributed by atoms with Gasteiger partial charge < -0.3 is 15.0 Å². The number of hydrogen-bond acceptors (Lipinski definition) is 5. The first-order valence-electron chi connectivity index (χ1n) is 13.6. The number of rotatable bonds is 14. The smallest absolute Gasteiger partial charge is 0.264 e. The molecule has 0 aliphatic carbocycles. The van der Waals surface area contributed by atoms with Gasteiger partial charge in [-0.15, -0.1) is 0 Å². The van der Waals surface area contributed by atoms with Gasteiger partial charge in [-0.05, 0) is 74.2 Å². The number of hydrogen-bond donors (Lipinski definition) is 1. The Balaban J connectivity index is 2.05. The zero-order valence-electron chi connectivity index (χ0n) is 23.7. The highest BCUT2D eigenvalue weighted by atomic mass is 32.2. The molecule has 0 saturated heterocycles. The summed E-state index contributed by atoms with van der Waals surface area (Å²) >= 11 is 0. The Hall–Kier alpha value is -3.85. The highest BCUT2D eigenvalue weighted by molar-refractivity contribution is 7.92. The van der Waals surface area contributed by atoms with Crippen molar-refractivity contribution in [3.63, 3.8) is 0 Å². The van der Waals surface area contributed by atoms with Gasteiger partial charge in [-0.25, -0.2) is 8.42 Å². The van der Waals surface area contributed by atoms with Crippen LogP contribution < -0.4 is 14.4 Å². The lowest BCUT2D eigenvalue weighted by molar-refractivity contribution is -0.140. The first kappa shape index (κ1) is 30.7. The number of sulfonamides is 1. The van der Waals surface area contributed by atoms with Crippen molar-refractivity contribution in [2.45, 2.75) is 58.0 Å². The minimum atomic E-state index is -4.11. The lowest BCUT2D eigenvalue weighted by Crippen LogP contribution is -2.52. The molecule has 1 N–H and O–H groups in total. The molecule has 40 heavy (non-hydrogen) atoms. The number of nitrogens with one attached hydrogen (secondary N) is 1. The molecule has 9 heteroatoms. The number of ether oxygens (including phenoxy) is 1. The van der Waals surface area contributed by atoms with Crippen LogP contribution in [-0.2, 0) is 26.2 Å². The number of amides is 2. The third kappa shape index (κ3) is 7.63. The molecule has 8 nitrogen and oxygen atoms in total. The number of nitrogens with zero attached hydrogens (tertiary/aromatic N) is 2. The summed E-state index contributed by atoms with van der Waals surface area (Å²) in [6.07, 6.45) is 1.14. The second kappa shape index (κ2) is 14.5. The van der Waals surface area contributed by atoms with Crippen LogP contribution in [0.2, 0.25) is 0 Å². The molecule has 0 aliphatic heterocycles. The standard InChI is InChI=1S/C31H39N3O5S/c1-5-21-32-31(36)29(6-2)33(22-25-14-12-11-13-24(25)4)30(35)23-34(26-17-19-27(20-18-26)39-7-3)40(37,38)28-15-9-8-10-16-28/h8-20,29H,5-7,21-23H2,1-4H3,(H,32,36)/t29-/m1/s1. The van der Waals surface area contributed by atoms with Crippen molar-refractivity contribution in [3.05, 3.63) is 90.0 Å². The van der Waals surface area contributed by atoms with E-state index in [-0.39, 0.29) is 17.3 Å². The molecule has 0 radical (unpaired) electrons. The predicted molar refractivity (Wildman–Crippen MR) is 158 cm³/mol. The van der Waals surface area contributed by atoms with Gasteiger partial charge >= 0.3 is 0 Å². The van der Waals surface area contributed by atoms with Crippen LogP contribution in [0.15, 0.2) is 83.8 Å². The van der Waals surface area contributed by atoms with E-state index < -0.39 is 28.5 Å². The van der Waals surface area contributed by atoms with Crippen LogP contribution >= 0.6 is 0 Å². The van der Waals surface area contributed by atoms with Crippen molar-refractivity contribution in [1.82, 2.24) is 10.2 Å². The van der Waals surface area contributed by atoms with Crippen LogP contribution in [0, 0.1) is 6.92 Å². The van der Waals surface area contributed by atoms with E-state index in [0.29, 0.717) is 31.0 Å². The maximum absolute atomic E-state index is 14.1. The molecule has 0 heterocycles. The summed E-state index contributed by atoms with van der Waals surface area (Å²) in [4.78, 5) is 28.8. The molecule has 0 aromatic heterocycles. The zero-order chi connectivity index (χ0) is 29.1. The Labute approximate surface area is 238 Å². The molecule has 3 aromatic carbocycles. The Kier molecular flexibility index (Phi) is 11.1. The zero-order valence-corrected chi connectivity index (χ0v) is 24.5. The van der Waals surface area contributed by atoms with Gasteiger partial charge in [-0.2, -0.15) is 0 Å². The van der Waals surface area contributed by atoms with Gasteiger partial charge in [0.05, 0.1) is 17.2 Å². The summed E-state index contributed by atoms with van der Waals surface area (Å²) in [5, 5.41) is 2.90. The highest BCUT2D eigenvalue weighted by Gasteiger charge is 2.33. The molecule has 214 valence electrons. The van der Waals surface area contributed by atoms with E-state index in [0.717, 1.165) is 21.9 Å². The molecule has 0 bridgehead atoms. The fraction of sp³-hybridized carbons (Fsp3) is 0.355. The van der Waals surface area contributed by atoms with Crippen molar-refractivity contribution < 1.29 is 22.7 Å². The predicted octanol–water partition coefficient (Wildman–Crippen LogP) is 4.92. The number of carbonyl (C=O) groups excluding carboxylic acids is 2. The molecule has 3 aromatic rings. The minimum absolute atomic E-state index is 0.0647. The second-order valence-electron chi connectivity index (χ2n) is 9.41. The molecular weight excluding hydrogens is 526 g/mol. The molecule has 0 spiro atoms. The maximum Gasteiger partial charge on any atom is 0.264 e. The van der Waals surface area contributed by atoms with Crippen molar-refractivity contribution in [2.24, 2.45) is 0 Å². The van der Waals surface area contributed by atoms with Crippen molar-refractivity contribution in [3.8, 4) is 5.75 Å². The third-order valence-corrected chi connectivity index (χ3v) is 8.37. The van der Waals surface area contributed by atoms with E-state index in [1.54, 1.807) is 42.5 Å². The second-order valence-corrected chi connectivity index (χ2v) is 11.3. The van der Waals surface area contributed by atoms with Gasteiger partial charge in [0.1, 0.15) is 18.3 Å². The monoisotopic (exact) mass is 565 g/mol. The van der Waals surface area contributed by atoms with Gasteiger partial charge in [-0.3, -0.25) is 13.9 Å². The van der Waals surface area contributed by atoms with Crippen LogP contribution in [-0.4, -0.2) is 50.9 Å². The molecule has 0 unspecified atom stereocenters. The summed E-state index contributed by atoms with van der Waals surface area (Å²) in [6, 6.07) is 21.5. The molecule has 2 amide bonds. The van der Waals surface area contributed by atoms with E-state index in [4.69, 9.17) is 4.74 Å². The lowest BCUT2D eigenvalue weighted by Gasteiger charge is -2.33. The van der Waals surface area contributed by atoms with E-state index in [1.807, 2.05) is 52.0 Å². The van der Waals surface area contributed by atoms with Gasteiger partial charge in [0, 0.05) is 13.1 Å². The third-order valence-electron chi connectivity index (χ3n) is 6.58. The Morgan fingerprint density at radius 3 is 2.15 bits per heavy atom. The average molecular weight is 566 g/mol. The maximum atomic E-state index is 14.1. The van der Waals surface area contributed by atoms with Crippen molar-refractivity contribution in [2.75, 3.05) is 24.0 Å². The topological polar surface area (TPSA) is 96.0 Å². The largest absolute Gasteiger partial charge is 0.494 e. The van der Waals surface area contributed by atoms with Gasteiger partial charge in [0.2, 0.25) is 11.8 Å². The molecular formula is C31H39N3O5S. The Bertz CT molecular complexity index is 1360. The summed E-state index contributed by atoms with van der Waals surface area (Å²) in [5.74, 6) is -0.144. The molecule has 0 aliphatic rings. The van der Waals surface area contributed by atoms with Crippen molar-refractivity contribution >= 4 is 27.5 Å². The fourth-order valence-corrected chi connectivity index (χ4v) is 5.82. The fourth-order valence-electron chi connectivity index (χ4n) is 4.38. The molecule has 3 rings (SSSR count). The first-order valence-corrected chi connectivity index (χ1v) is 15.1. The molecule has 0 fully saturated rings. The summed E-state index contributed by atoms with van der Waals surface area (Å²) < 4.78 is 34.4. The van der Waals surface area contributed by atoms with Crippen LogP contribution in [0.1, 0.15) is 44.7 Å². The number of anilines is 1. The quantitative estimate of drug-likeness (QED) is 0.299. The van der Waals surface area contributed by atoms with Gasteiger partial charge in [0.15, 0.2) is 0 Å². The molecule has 0 saturated carbocycles. The first-order chi connectivity index (χ1) is 19.2. The number of aryl methyl sites for hydroxylation is 1. The normalized spacial score (nSPS) is 11.9. The van der Waals surface area contributed by atoms with E-state index in [9.17, 15) is 18.0 Å². The Morgan fingerprint density at radius 1 is 0.900 bits per heavy atom. The van der Waals surface area contributed by atoms with Gasteiger partial charge in [0.25, 0.3) is 10.0 Å². The number of carbonyl (C=O) groups is 2. The minimum Gasteiger partial charge on any atom is -0.494 e. The van der Waals surface area contributed by atoms with Crippen LogP contribution in [0.25, 0.3) is 0 Å². The molecule has 1 atom stereocenters. The summed E-state index contributed by atoms with van der Waals surface area (Å²) in [7, 11) is -4.11. The van der Waals surface area contributed by atoms with Crippen molar-refractivity contribution in [1.29, 1.82) is 0 Å². The van der Waals surface area contributed by atoms with E-state index in [1.165, 1.54) is 17.0 Å². The summed E-state index contributed by atoms with van der Waals surface area (Å²) in [6.45, 7) is 8.27. The van der Waals surface area contributed by atoms with E-state index in [2.05, 4.69) is 5.32 Å². The van der Waals surface area contributed by atoms with Crippen LogP contribution in [0.4, 0.5) is 5.69 Å². The number of benzene rings is 3. The van der Waals surface area contributed by atoms with E-state index >= 15 is 0 Å². The Morgan fingerprint density at radius 2 is 1.55 bits per heavy atom. The summed E-state index contributed by atoms with van der Waals surface area (Å²) in [5.41, 5.74) is 2.18. The van der Waals surface area contributed by atoms with Crippen LogP contribution in [0.5, 0.6) is 5.75 Å².